The average Bonchev–Trinajstić information content (AvgIpc) is 3.11. The molecule has 4 N–H and O–H groups in total. The predicted octanol–water partition coefficient (Wildman–Crippen LogP) is -4.58. The van der Waals surface area contributed by atoms with Gasteiger partial charge in [-0.1, -0.05) is 0 Å². The minimum atomic E-state index is -2.92. The third kappa shape index (κ3) is 13.8. The monoisotopic (exact) mass is 816 g/mol. The van der Waals surface area contributed by atoms with E-state index in [2.05, 4.69) is 0 Å². The number of phenols is 4. The number of halogens is 20. The SMILES string of the molecule is Oc1c(F)c(F)c(F)c(F)c1F.Oc1c(F)c(F)c(F)c(F)c1F.Oc1c(F)c(F)c(F)c(F)c1F.Oc1c(F)c(F)c(F)c(F)c1F.[Li+].[Li+].[Li+].[O-]B([O-])[O-]. The Balaban J connectivity index is -0.000000300. The van der Waals surface area contributed by atoms with Crippen LogP contribution in [0.2, 0.25) is 0 Å². The second kappa shape index (κ2) is 24.1. The molecule has 0 aliphatic rings. The Bertz CT molecular complexity index is 1270. The molecule has 4 rings (SSSR count). The molecule has 4 aromatic rings. The van der Waals surface area contributed by atoms with Crippen LogP contribution in [-0.2, 0) is 0 Å². The first kappa shape index (κ1) is 58.1. The van der Waals surface area contributed by atoms with Crippen LogP contribution in [-0.4, -0.2) is 27.7 Å². The molecule has 31 heteroatoms. The second-order valence-electron chi connectivity index (χ2n) is 7.96. The van der Waals surface area contributed by atoms with Crippen LogP contribution in [0.3, 0.4) is 0 Å². The minimum Gasteiger partial charge on any atom is -0.907 e. The van der Waals surface area contributed by atoms with Crippen LogP contribution in [0, 0.1) is 116 Å². The van der Waals surface area contributed by atoms with Crippen molar-refractivity contribution in [2.75, 3.05) is 0 Å². The molecule has 4 aromatic carbocycles. The molecule has 0 aliphatic heterocycles. The zero-order chi connectivity index (χ0) is 41.4. The van der Waals surface area contributed by atoms with Gasteiger partial charge in [-0.15, -0.1) is 0 Å². The molecule has 0 atom stereocenters. The molecular weight excluding hydrogens is 812 g/mol. The van der Waals surface area contributed by atoms with E-state index in [0.29, 0.717) is 0 Å². The summed E-state index contributed by atoms with van der Waals surface area (Å²) in [7, 11) is -2.92. The fraction of sp³-hybridized carbons (Fsp3) is 0. The number of phenolic OH excluding ortho intramolecular Hbond substituents is 4. The normalized spacial score (nSPS) is 9.58. The molecule has 0 amide bonds. The molecule has 0 fully saturated rings. The van der Waals surface area contributed by atoms with E-state index in [1.54, 1.807) is 0 Å². The quantitative estimate of drug-likeness (QED) is 0.0605. The van der Waals surface area contributed by atoms with Crippen molar-refractivity contribution in [3.05, 3.63) is 116 Å². The third-order valence-corrected chi connectivity index (χ3v) is 4.75. The van der Waals surface area contributed by atoms with Crippen LogP contribution >= 0.6 is 0 Å². The van der Waals surface area contributed by atoms with E-state index in [0.717, 1.165) is 0 Å². The maximum atomic E-state index is 12.2. The van der Waals surface area contributed by atoms with Gasteiger partial charge in [0.15, 0.2) is 23.0 Å². The summed E-state index contributed by atoms with van der Waals surface area (Å²) in [6.45, 7) is 0. The van der Waals surface area contributed by atoms with Crippen LogP contribution in [0.4, 0.5) is 87.8 Å². The van der Waals surface area contributed by atoms with Gasteiger partial charge in [-0.2, -0.15) is 35.1 Å². The maximum absolute atomic E-state index is 12.2. The Hall–Kier alpha value is -3.58. The van der Waals surface area contributed by atoms with Crippen molar-refractivity contribution in [1.82, 2.24) is 0 Å². The fourth-order valence-electron chi connectivity index (χ4n) is 2.37. The topological polar surface area (TPSA) is 150 Å². The van der Waals surface area contributed by atoms with Crippen molar-refractivity contribution < 1.29 is 180 Å². The molecule has 0 aliphatic carbocycles. The molecule has 0 saturated carbocycles. The van der Waals surface area contributed by atoms with E-state index >= 15 is 0 Å². The molecule has 288 valence electrons. The van der Waals surface area contributed by atoms with Gasteiger partial charge in [0.05, 0.1) is 0 Å². The zero-order valence-corrected chi connectivity index (χ0v) is 26.2. The van der Waals surface area contributed by atoms with Crippen LogP contribution in [0.15, 0.2) is 0 Å². The molecule has 0 radical (unpaired) electrons. The molecule has 7 nitrogen and oxygen atoms in total. The Morgan fingerprint density at radius 3 is 0.345 bits per heavy atom. The number of benzene rings is 4. The van der Waals surface area contributed by atoms with Crippen LogP contribution < -0.4 is 71.7 Å². The van der Waals surface area contributed by atoms with Gasteiger partial charge >= 0.3 is 56.6 Å². The fourth-order valence-corrected chi connectivity index (χ4v) is 2.37. The number of rotatable bonds is 0. The summed E-state index contributed by atoms with van der Waals surface area (Å²) in [5.74, 6) is -51.8. The van der Waals surface area contributed by atoms with Crippen LogP contribution in [0.25, 0.3) is 0 Å². The van der Waals surface area contributed by atoms with Gasteiger partial charge in [-0.3, -0.25) is 7.32 Å². The Morgan fingerprint density at radius 1 is 0.218 bits per heavy atom. The third-order valence-electron chi connectivity index (χ3n) is 4.75. The molecule has 0 spiro atoms. The van der Waals surface area contributed by atoms with Crippen LogP contribution in [0.1, 0.15) is 0 Å². The average molecular weight is 816 g/mol. The van der Waals surface area contributed by atoms with E-state index < -0.39 is 147 Å². The summed E-state index contributed by atoms with van der Waals surface area (Å²) in [5.41, 5.74) is 0. The van der Waals surface area contributed by atoms with E-state index in [1.807, 2.05) is 0 Å². The summed E-state index contributed by atoms with van der Waals surface area (Å²) >= 11 is 0. The first-order valence-corrected chi connectivity index (χ1v) is 11.4. The largest absolute Gasteiger partial charge is 1.00 e. The van der Waals surface area contributed by atoms with Gasteiger partial charge in [-0.05, 0) is 0 Å². The molecule has 0 bridgehead atoms. The van der Waals surface area contributed by atoms with Crippen molar-refractivity contribution in [2.24, 2.45) is 0 Å². The number of aromatic hydroxyl groups is 4. The molecular formula is C24H4BF20Li3O7. The van der Waals surface area contributed by atoms with Crippen molar-refractivity contribution in [3.63, 3.8) is 0 Å². The smallest absolute Gasteiger partial charge is 0.907 e. The van der Waals surface area contributed by atoms with Crippen LogP contribution in [0.5, 0.6) is 23.0 Å². The van der Waals surface area contributed by atoms with Crippen molar-refractivity contribution in [1.29, 1.82) is 0 Å². The summed E-state index contributed by atoms with van der Waals surface area (Å²) in [5, 5.41) is 58.4. The molecule has 0 saturated heterocycles. The molecule has 55 heavy (non-hydrogen) atoms. The first-order chi connectivity index (χ1) is 23.6. The van der Waals surface area contributed by atoms with Gasteiger partial charge in [0.2, 0.25) is 116 Å². The van der Waals surface area contributed by atoms with Gasteiger partial charge < -0.3 is 35.5 Å². The van der Waals surface area contributed by atoms with Crippen molar-refractivity contribution in [3.8, 4) is 23.0 Å². The van der Waals surface area contributed by atoms with E-state index in [1.165, 1.54) is 0 Å². The van der Waals surface area contributed by atoms with E-state index in [-0.39, 0.29) is 56.6 Å². The van der Waals surface area contributed by atoms with E-state index in [9.17, 15) is 87.8 Å². The summed E-state index contributed by atoms with van der Waals surface area (Å²) in [6.07, 6.45) is 0. The van der Waals surface area contributed by atoms with Gasteiger partial charge in [0.25, 0.3) is 0 Å². The maximum Gasteiger partial charge on any atom is 1.00 e. The predicted molar refractivity (Wildman–Crippen MR) is 117 cm³/mol. The summed E-state index contributed by atoms with van der Waals surface area (Å²) in [4.78, 5) is 0. The Labute approximate surface area is 325 Å². The summed E-state index contributed by atoms with van der Waals surface area (Å²) < 4.78 is 243. The Morgan fingerprint density at radius 2 is 0.273 bits per heavy atom. The molecule has 0 unspecified atom stereocenters. The van der Waals surface area contributed by atoms with Gasteiger partial charge in [0.1, 0.15) is 0 Å². The van der Waals surface area contributed by atoms with Gasteiger partial charge in [0, 0.05) is 0 Å². The number of hydrogen-bond acceptors (Lipinski definition) is 7. The van der Waals surface area contributed by atoms with Crippen molar-refractivity contribution >= 4 is 7.32 Å². The number of hydrogen-bond donors (Lipinski definition) is 4. The second-order valence-corrected chi connectivity index (χ2v) is 7.96. The summed E-state index contributed by atoms with van der Waals surface area (Å²) in [6, 6.07) is 0. The molecule has 0 aromatic heterocycles. The minimum absolute atomic E-state index is 0. The standard InChI is InChI=1S/4C6HF5O.BO3.3Li/c4*7-1-2(8)4(10)6(12)5(11)3(1)9;2-1(3)4;;;/h4*12H;;;;/q;;;;-3;3*+1. The first-order valence-electron chi connectivity index (χ1n) is 11.4. The van der Waals surface area contributed by atoms with E-state index in [4.69, 9.17) is 35.5 Å². The van der Waals surface area contributed by atoms with Crippen molar-refractivity contribution in [2.45, 2.75) is 0 Å². The molecule has 0 heterocycles. The zero-order valence-electron chi connectivity index (χ0n) is 26.2. The Kier molecular flexibility index (Phi) is 25.5. The van der Waals surface area contributed by atoms with Gasteiger partial charge in [-0.25, -0.2) is 52.7 Å².